The first kappa shape index (κ1) is 23.4. The van der Waals surface area contributed by atoms with E-state index in [2.05, 4.69) is 30.7 Å². The Bertz CT molecular complexity index is 683. The zero-order valence-electron chi connectivity index (χ0n) is 18.2. The maximum Gasteiger partial charge on any atom is 0.227 e. The van der Waals surface area contributed by atoms with E-state index in [1.165, 1.54) is 6.42 Å². The molecule has 1 fully saturated rings. The number of ether oxygens (including phenoxy) is 1. The second kappa shape index (κ2) is 11.3. The lowest BCUT2D eigenvalue weighted by atomic mass is 9.99. The van der Waals surface area contributed by atoms with Crippen LogP contribution in [0.3, 0.4) is 0 Å². The van der Waals surface area contributed by atoms with Crippen molar-refractivity contribution in [1.82, 2.24) is 14.5 Å². The number of aromatic nitrogens is 2. The van der Waals surface area contributed by atoms with E-state index in [9.17, 15) is 8.42 Å². The highest BCUT2D eigenvalue weighted by Gasteiger charge is 2.25. The summed E-state index contributed by atoms with van der Waals surface area (Å²) in [5, 5.41) is 0.269. The lowest BCUT2D eigenvalue weighted by Gasteiger charge is -2.32. The highest BCUT2D eigenvalue weighted by atomic mass is 32.2. The Balaban J connectivity index is 2.14. The van der Waals surface area contributed by atoms with Gasteiger partial charge in [-0.15, -0.1) is 0 Å². The summed E-state index contributed by atoms with van der Waals surface area (Å²) in [6, 6.07) is 0. The van der Waals surface area contributed by atoms with Crippen molar-refractivity contribution in [1.29, 1.82) is 0 Å². The topological polar surface area (TPSA) is 64.4 Å². The van der Waals surface area contributed by atoms with E-state index in [-0.39, 0.29) is 10.9 Å². The average Bonchev–Trinajstić information content (AvgIpc) is 3.03. The van der Waals surface area contributed by atoms with E-state index < -0.39 is 9.84 Å². The number of likely N-dealkylation sites (tertiary alicyclic amines) is 1. The second-order valence-corrected chi connectivity index (χ2v) is 10.6. The molecular formula is C21H39N3O3S. The van der Waals surface area contributed by atoms with Crippen LogP contribution in [0.2, 0.25) is 0 Å². The predicted molar refractivity (Wildman–Crippen MR) is 113 cm³/mol. The van der Waals surface area contributed by atoms with Gasteiger partial charge in [-0.05, 0) is 50.5 Å². The van der Waals surface area contributed by atoms with Gasteiger partial charge in [0.05, 0.1) is 24.3 Å². The second-order valence-electron chi connectivity index (χ2n) is 8.59. The molecule has 0 bridgehead atoms. The SMILES string of the molecule is CCCCn1c(CN2CCC[C@H](COC)C2)cnc1S(=O)(=O)CCCC(C)C. The fourth-order valence-electron chi connectivity index (χ4n) is 3.99. The van der Waals surface area contributed by atoms with E-state index in [0.29, 0.717) is 18.3 Å². The summed E-state index contributed by atoms with van der Waals surface area (Å²) in [6.07, 6.45) is 7.77. The summed E-state index contributed by atoms with van der Waals surface area (Å²) in [5.74, 6) is 1.27. The van der Waals surface area contributed by atoms with Crippen molar-refractivity contribution in [2.45, 2.75) is 77.5 Å². The Morgan fingerprint density at radius 3 is 2.79 bits per heavy atom. The van der Waals surface area contributed by atoms with Crippen LogP contribution in [-0.4, -0.2) is 55.4 Å². The lowest BCUT2D eigenvalue weighted by Crippen LogP contribution is -2.37. The number of imidazole rings is 1. The van der Waals surface area contributed by atoms with E-state index in [4.69, 9.17) is 4.74 Å². The minimum Gasteiger partial charge on any atom is -0.384 e. The molecule has 28 heavy (non-hydrogen) atoms. The number of unbranched alkanes of at least 4 members (excludes halogenated alkanes) is 1. The summed E-state index contributed by atoms with van der Waals surface area (Å²) in [6.45, 7) is 10.7. The van der Waals surface area contributed by atoms with Crippen LogP contribution < -0.4 is 0 Å². The molecule has 0 N–H and O–H groups in total. The summed E-state index contributed by atoms with van der Waals surface area (Å²) < 4.78 is 33.2. The molecule has 0 saturated carbocycles. The average molecular weight is 414 g/mol. The van der Waals surface area contributed by atoms with E-state index in [1.807, 2.05) is 4.57 Å². The first-order valence-electron chi connectivity index (χ1n) is 10.9. The van der Waals surface area contributed by atoms with Crippen LogP contribution in [0.15, 0.2) is 11.4 Å². The van der Waals surface area contributed by atoms with Crippen LogP contribution in [0.25, 0.3) is 0 Å². The van der Waals surface area contributed by atoms with Gasteiger partial charge in [0.25, 0.3) is 0 Å². The molecule has 162 valence electrons. The molecule has 0 radical (unpaired) electrons. The fourth-order valence-corrected chi connectivity index (χ4v) is 5.48. The van der Waals surface area contributed by atoms with Crippen LogP contribution in [-0.2, 0) is 27.7 Å². The molecule has 0 unspecified atom stereocenters. The van der Waals surface area contributed by atoms with Gasteiger partial charge in [0, 0.05) is 26.7 Å². The fraction of sp³-hybridized carbons (Fsp3) is 0.857. The number of rotatable bonds is 12. The minimum atomic E-state index is -3.34. The molecule has 0 aliphatic carbocycles. The zero-order valence-corrected chi connectivity index (χ0v) is 19.0. The molecule has 1 aromatic rings. The van der Waals surface area contributed by atoms with E-state index >= 15 is 0 Å². The third-order valence-corrected chi connectivity index (χ3v) is 7.21. The van der Waals surface area contributed by atoms with Gasteiger partial charge in [-0.1, -0.05) is 27.2 Å². The van der Waals surface area contributed by atoms with Gasteiger partial charge in [-0.25, -0.2) is 13.4 Å². The predicted octanol–water partition coefficient (Wildman–Crippen LogP) is 3.75. The molecule has 1 aliphatic heterocycles. The normalized spacial score (nSPS) is 18.8. The van der Waals surface area contributed by atoms with Crippen molar-refractivity contribution >= 4 is 9.84 Å². The Morgan fingerprint density at radius 1 is 1.32 bits per heavy atom. The Hall–Kier alpha value is -0.920. The maximum absolute atomic E-state index is 12.9. The first-order chi connectivity index (χ1) is 13.4. The Morgan fingerprint density at radius 2 is 2.11 bits per heavy atom. The van der Waals surface area contributed by atoms with Gasteiger partial charge in [0.2, 0.25) is 15.0 Å². The van der Waals surface area contributed by atoms with E-state index in [0.717, 1.165) is 64.2 Å². The summed E-state index contributed by atoms with van der Waals surface area (Å²) in [7, 11) is -1.58. The summed E-state index contributed by atoms with van der Waals surface area (Å²) in [5.41, 5.74) is 1.02. The number of sulfone groups is 1. The van der Waals surface area contributed by atoms with Crippen molar-refractivity contribution < 1.29 is 13.2 Å². The van der Waals surface area contributed by atoms with Crippen LogP contribution >= 0.6 is 0 Å². The molecule has 1 atom stereocenters. The van der Waals surface area contributed by atoms with Crippen molar-refractivity contribution in [3.05, 3.63) is 11.9 Å². The van der Waals surface area contributed by atoms with Crippen LogP contribution in [0.5, 0.6) is 0 Å². The summed E-state index contributed by atoms with van der Waals surface area (Å²) >= 11 is 0. The third kappa shape index (κ3) is 6.85. The minimum absolute atomic E-state index is 0.188. The van der Waals surface area contributed by atoms with Crippen molar-refractivity contribution in [2.75, 3.05) is 32.6 Å². The number of hydrogen-bond donors (Lipinski definition) is 0. The van der Waals surface area contributed by atoms with Crippen LogP contribution in [0, 0.1) is 11.8 Å². The smallest absolute Gasteiger partial charge is 0.227 e. The number of nitrogens with zero attached hydrogens (tertiary/aromatic N) is 3. The van der Waals surface area contributed by atoms with E-state index in [1.54, 1.807) is 13.3 Å². The number of hydrogen-bond acceptors (Lipinski definition) is 5. The molecule has 1 saturated heterocycles. The lowest BCUT2D eigenvalue weighted by molar-refractivity contribution is 0.0861. The molecule has 0 amide bonds. The van der Waals surface area contributed by atoms with Crippen molar-refractivity contribution in [3.63, 3.8) is 0 Å². The molecular weight excluding hydrogens is 374 g/mol. The molecule has 1 aromatic heterocycles. The quantitative estimate of drug-likeness (QED) is 0.522. The molecule has 1 aliphatic rings. The van der Waals surface area contributed by atoms with Crippen LogP contribution in [0.4, 0.5) is 0 Å². The molecule has 2 heterocycles. The molecule has 0 spiro atoms. The highest BCUT2D eigenvalue weighted by Crippen LogP contribution is 2.22. The standard InChI is InChI=1S/C21H39N3O3S/c1-5-6-12-24-20(16-23-11-7-10-19(15-23)17-27-4)14-22-21(24)28(25,26)13-8-9-18(2)3/h14,18-19H,5-13,15-17H2,1-4H3/t19-/m0/s1. The highest BCUT2D eigenvalue weighted by molar-refractivity contribution is 7.91. The molecule has 6 nitrogen and oxygen atoms in total. The molecule has 0 aromatic carbocycles. The van der Waals surface area contributed by atoms with Crippen LogP contribution in [0.1, 0.15) is 65.0 Å². The van der Waals surface area contributed by atoms with Gasteiger partial charge < -0.3 is 9.30 Å². The van der Waals surface area contributed by atoms with Gasteiger partial charge in [0.1, 0.15) is 0 Å². The molecule has 7 heteroatoms. The zero-order chi connectivity index (χ0) is 20.6. The number of methoxy groups -OCH3 is 1. The number of piperidine rings is 1. The maximum atomic E-state index is 12.9. The van der Waals surface area contributed by atoms with Gasteiger partial charge in [-0.2, -0.15) is 0 Å². The Labute approximate surface area is 171 Å². The van der Waals surface area contributed by atoms with Crippen molar-refractivity contribution in [2.24, 2.45) is 11.8 Å². The monoisotopic (exact) mass is 413 g/mol. The van der Waals surface area contributed by atoms with Gasteiger partial charge in [0.15, 0.2) is 0 Å². The van der Waals surface area contributed by atoms with Crippen molar-refractivity contribution in [3.8, 4) is 0 Å². The Kier molecular flexibility index (Phi) is 9.44. The van der Waals surface area contributed by atoms with Gasteiger partial charge in [-0.3, -0.25) is 4.90 Å². The first-order valence-corrected chi connectivity index (χ1v) is 12.5. The third-order valence-electron chi connectivity index (χ3n) is 5.50. The van der Waals surface area contributed by atoms with Gasteiger partial charge >= 0.3 is 0 Å². The molecule has 2 rings (SSSR count). The largest absolute Gasteiger partial charge is 0.384 e. The summed E-state index contributed by atoms with van der Waals surface area (Å²) in [4.78, 5) is 6.80.